The van der Waals surface area contributed by atoms with E-state index in [-0.39, 0.29) is 11.8 Å². The standard InChI is InChI=1S/C18H19FN2O2S/c1-3-23-17(22)14-8-7-12(2)16(10-14)21-18(24)20-11-13-5-4-6-15(19)9-13/h4-10H,3,11H2,1-2H3,(H2,20,21,24). The first-order valence-corrected chi connectivity index (χ1v) is 7.97. The van der Waals surface area contributed by atoms with E-state index in [2.05, 4.69) is 10.6 Å². The summed E-state index contributed by atoms with van der Waals surface area (Å²) in [5.41, 5.74) is 2.91. The number of rotatable bonds is 5. The van der Waals surface area contributed by atoms with E-state index < -0.39 is 0 Å². The minimum atomic E-state index is -0.376. The number of benzene rings is 2. The first kappa shape index (κ1) is 17.9. The highest BCUT2D eigenvalue weighted by atomic mass is 32.1. The Kier molecular flexibility index (Phi) is 6.26. The normalized spacial score (nSPS) is 10.1. The molecule has 0 fully saturated rings. The number of nitrogens with one attached hydrogen (secondary N) is 2. The van der Waals surface area contributed by atoms with Gasteiger partial charge in [-0.15, -0.1) is 0 Å². The third kappa shape index (κ3) is 5.03. The van der Waals surface area contributed by atoms with E-state index >= 15 is 0 Å². The topological polar surface area (TPSA) is 50.4 Å². The van der Waals surface area contributed by atoms with Crippen molar-refractivity contribution in [3.8, 4) is 0 Å². The quantitative estimate of drug-likeness (QED) is 0.637. The van der Waals surface area contributed by atoms with Gasteiger partial charge in [0.1, 0.15) is 5.82 Å². The predicted molar refractivity (Wildman–Crippen MR) is 96.6 cm³/mol. The largest absolute Gasteiger partial charge is 0.462 e. The monoisotopic (exact) mass is 346 g/mol. The van der Waals surface area contributed by atoms with Crippen LogP contribution in [0.1, 0.15) is 28.4 Å². The molecule has 0 bridgehead atoms. The second-order valence-corrected chi connectivity index (χ2v) is 5.60. The molecule has 0 aliphatic carbocycles. The Bertz CT molecular complexity index is 750. The minimum Gasteiger partial charge on any atom is -0.462 e. The Morgan fingerprint density at radius 1 is 1.25 bits per heavy atom. The lowest BCUT2D eigenvalue weighted by atomic mass is 10.1. The lowest BCUT2D eigenvalue weighted by molar-refractivity contribution is 0.0526. The number of thiocarbonyl (C=S) groups is 1. The first-order valence-electron chi connectivity index (χ1n) is 7.56. The molecular formula is C18H19FN2O2S. The highest BCUT2D eigenvalue weighted by Gasteiger charge is 2.09. The molecule has 2 rings (SSSR count). The summed E-state index contributed by atoms with van der Waals surface area (Å²) < 4.78 is 18.1. The summed E-state index contributed by atoms with van der Waals surface area (Å²) in [4.78, 5) is 11.8. The Hall–Kier alpha value is -2.47. The molecule has 2 N–H and O–H groups in total. The molecular weight excluding hydrogens is 327 g/mol. The summed E-state index contributed by atoms with van der Waals surface area (Å²) in [5.74, 6) is -0.662. The van der Waals surface area contributed by atoms with Crippen molar-refractivity contribution in [1.29, 1.82) is 0 Å². The SMILES string of the molecule is CCOC(=O)c1ccc(C)c(NC(=S)NCc2cccc(F)c2)c1. The minimum absolute atomic E-state index is 0.286. The summed E-state index contributed by atoms with van der Waals surface area (Å²) >= 11 is 5.26. The number of anilines is 1. The molecule has 0 saturated heterocycles. The number of hydrogen-bond acceptors (Lipinski definition) is 3. The Labute approximate surface area is 146 Å². The van der Waals surface area contributed by atoms with Crippen LogP contribution in [-0.2, 0) is 11.3 Å². The van der Waals surface area contributed by atoms with Crippen molar-refractivity contribution in [2.24, 2.45) is 0 Å². The molecule has 24 heavy (non-hydrogen) atoms. The fraction of sp³-hybridized carbons (Fsp3) is 0.222. The zero-order valence-corrected chi connectivity index (χ0v) is 14.4. The van der Waals surface area contributed by atoms with Gasteiger partial charge in [0.05, 0.1) is 12.2 Å². The molecule has 0 radical (unpaired) electrons. The van der Waals surface area contributed by atoms with E-state index in [0.717, 1.165) is 16.8 Å². The van der Waals surface area contributed by atoms with Gasteiger partial charge in [-0.2, -0.15) is 0 Å². The maximum atomic E-state index is 13.2. The van der Waals surface area contributed by atoms with Crippen LogP contribution < -0.4 is 10.6 Å². The second-order valence-electron chi connectivity index (χ2n) is 5.19. The van der Waals surface area contributed by atoms with Gasteiger partial charge in [0.25, 0.3) is 0 Å². The number of carbonyl (C=O) groups excluding carboxylic acids is 1. The Morgan fingerprint density at radius 3 is 2.75 bits per heavy atom. The van der Waals surface area contributed by atoms with Crippen molar-refractivity contribution in [3.05, 3.63) is 65.0 Å². The van der Waals surface area contributed by atoms with E-state index in [9.17, 15) is 9.18 Å². The van der Waals surface area contributed by atoms with Gasteiger partial charge in [0.15, 0.2) is 5.11 Å². The number of ether oxygens (including phenoxy) is 1. The highest BCUT2D eigenvalue weighted by Crippen LogP contribution is 2.17. The smallest absolute Gasteiger partial charge is 0.338 e. The number of aryl methyl sites for hydroxylation is 1. The van der Waals surface area contributed by atoms with Crippen molar-refractivity contribution in [2.75, 3.05) is 11.9 Å². The molecule has 4 nitrogen and oxygen atoms in total. The molecule has 0 aromatic heterocycles. The van der Waals surface area contributed by atoms with Gasteiger partial charge in [0.2, 0.25) is 0 Å². The Balaban J connectivity index is 2.00. The van der Waals surface area contributed by atoms with Crippen molar-refractivity contribution >= 4 is 29.0 Å². The molecule has 2 aromatic rings. The molecule has 0 atom stereocenters. The van der Waals surface area contributed by atoms with Crippen LogP contribution >= 0.6 is 12.2 Å². The zero-order valence-electron chi connectivity index (χ0n) is 13.6. The maximum absolute atomic E-state index is 13.2. The molecule has 0 spiro atoms. The van der Waals surface area contributed by atoms with E-state index in [4.69, 9.17) is 17.0 Å². The van der Waals surface area contributed by atoms with Crippen LogP contribution in [0.5, 0.6) is 0 Å². The third-order valence-corrected chi connectivity index (χ3v) is 3.59. The van der Waals surface area contributed by atoms with Crippen LogP contribution in [0.15, 0.2) is 42.5 Å². The van der Waals surface area contributed by atoms with Crippen LogP contribution in [0.2, 0.25) is 0 Å². The van der Waals surface area contributed by atoms with Crippen molar-refractivity contribution in [3.63, 3.8) is 0 Å². The number of halogens is 1. The van der Waals surface area contributed by atoms with Gasteiger partial charge < -0.3 is 15.4 Å². The summed E-state index contributed by atoms with van der Waals surface area (Å²) in [6.45, 7) is 4.40. The van der Waals surface area contributed by atoms with Gasteiger partial charge in [0, 0.05) is 12.2 Å². The zero-order chi connectivity index (χ0) is 17.5. The van der Waals surface area contributed by atoms with Crippen molar-refractivity contribution < 1.29 is 13.9 Å². The third-order valence-electron chi connectivity index (χ3n) is 3.34. The van der Waals surface area contributed by atoms with Gasteiger partial charge in [-0.1, -0.05) is 18.2 Å². The van der Waals surface area contributed by atoms with Crippen LogP contribution in [0.4, 0.5) is 10.1 Å². The maximum Gasteiger partial charge on any atom is 0.338 e. The molecule has 0 aliphatic rings. The van der Waals surface area contributed by atoms with Gasteiger partial charge in [-0.25, -0.2) is 9.18 Å². The van der Waals surface area contributed by atoms with Crippen molar-refractivity contribution in [2.45, 2.75) is 20.4 Å². The molecule has 0 saturated carbocycles. The summed E-state index contributed by atoms with van der Waals surface area (Å²) in [6.07, 6.45) is 0. The van der Waals surface area contributed by atoms with Crippen LogP contribution in [-0.4, -0.2) is 17.7 Å². The van der Waals surface area contributed by atoms with Gasteiger partial charge in [-0.05, 0) is 61.5 Å². The fourth-order valence-corrected chi connectivity index (χ4v) is 2.28. The molecule has 0 unspecified atom stereocenters. The van der Waals surface area contributed by atoms with E-state index in [1.807, 2.05) is 19.1 Å². The van der Waals surface area contributed by atoms with Crippen LogP contribution in [0.25, 0.3) is 0 Å². The van der Waals surface area contributed by atoms with Crippen molar-refractivity contribution in [1.82, 2.24) is 5.32 Å². The number of carbonyl (C=O) groups is 1. The van der Waals surface area contributed by atoms with E-state index in [1.54, 1.807) is 25.1 Å². The lowest BCUT2D eigenvalue weighted by Gasteiger charge is -2.13. The molecule has 2 aromatic carbocycles. The molecule has 0 heterocycles. The van der Waals surface area contributed by atoms with Crippen LogP contribution in [0, 0.1) is 12.7 Å². The van der Waals surface area contributed by atoms with Crippen LogP contribution in [0.3, 0.4) is 0 Å². The first-order chi connectivity index (χ1) is 11.5. The molecule has 126 valence electrons. The van der Waals surface area contributed by atoms with E-state index in [0.29, 0.717) is 23.8 Å². The highest BCUT2D eigenvalue weighted by molar-refractivity contribution is 7.80. The predicted octanol–water partition coefficient (Wildman–Crippen LogP) is 3.80. The summed E-state index contributed by atoms with van der Waals surface area (Å²) in [5, 5.41) is 6.46. The Morgan fingerprint density at radius 2 is 2.04 bits per heavy atom. The average molecular weight is 346 g/mol. The molecule has 6 heteroatoms. The van der Waals surface area contributed by atoms with Gasteiger partial charge >= 0.3 is 5.97 Å². The summed E-state index contributed by atoms with van der Waals surface area (Å²) in [6, 6.07) is 11.5. The lowest BCUT2D eigenvalue weighted by Crippen LogP contribution is -2.28. The second kappa shape index (κ2) is 8.40. The fourth-order valence-electron chi connectivity index (χ4n) is 2.09. The van der Waals surface area contributed by atoms with E-state index in [1.165, 1.54) is 12.1 Å². The molecule has 0 amide bonds. The average Bonchev–Trinajstić information content (AvgIpc) is 2.55. The summed E-state index contributed by atoms with van der Waals surface area (Å²) in [7, 11) is 0. The molecule has 0 aliphatic heterocycles. The van der Waals surface area contributed by atoms with Gasteiger partial charge in [-0.3, -0.25) is 0 Å². The number of hydrogen-bond donors (Lipinski definition) is 2. The number of esters is 1.